The van der Waals surface area contributed by atoms with Crippen LogP contribution >= 0.6 is 0 Å². The molecule has 3 heteroatoms. The maximum absolute atomic E-state index is 11.4. The number of Topliss-reactive ketones (excluding diaryl/α,β-unsaturated/α-hetero) is 1. The smallest absolute Gasteiger partial charge is 0.135 e. The summed E-state index contributed by atoms with van der Waals surface area (Å²) >= 11 is 0. The number of rotatable bonds is 4. The highest BCUT2D eigenvalue weighted by molar-refractivity contribution is 5.78. The normalized spacial score (nSPS) is 28.2. The van der Waals surface area contributed by atoms with Crippen LogP contribution in [-0.2, 0) is 9.53 Å². The van der Waals surface area contributed by atoms with E-state index in [9.17, 15) is 4.79 Å². The summed E-state index contributed by atoms with van der Waals surface area (Å²) in [6.45, 7) is 2.71. The van der Waals surface area contributed by atoms with E-state index in [1.165, 1.54) is 0 Å². The number of carbonyl (C=O) groups excluding carboxylic acids is 1. The van der Waals surface area contributed by atoms with E-state index in [2.05, 4.69) is 5.32 Å². The number of carbonyl (C=O) groups is 1. The van der Waals surface area contributed by atoms with Crippen LogP contribution in [0.25, 0.3) is 0 Å². The van der Waals surface area contributed by atoms with Gasteiger partial charge < -0.3 is 10.1 Å². The predicted molar refractivity (Wildman–Crippen MR) is 51.7 cm³/mol. The average molecular weight is 187 g/mol. The van der Waals surface area contributed by atoms with Gasteiger partial charge in [-0.1, -0.05) is 6.92 Å². The molecular weight excluding hydrogens is 166 g/mol. The van der Waals surface area contributed by atoms with Crippen molar-refractivity contribution in [3.8, 4) is 0 Å². The summed E-state index contributed by atoms with van der Waals surface area (Å²) in [6, 6.07) is 0.283. The minimum absolute atomic E-state index is 0.0365. The van der Waals surface area contributed by atoms with Crippen molar-refractivity contribution in [3.63, 3.8) is 0 Å². The number of ether oxygens (including phenoxy) is 1. The lowest BCUT2D eigenvalue weighted by Crippen LogP contribution is -2.42. The van der Waals surface area contributed by atoms with Gasteiger partial charge in [0.15, 0.2) is 0 Å². The first-order valence-corrected chi connectivity index (χ1v) is 4.78. The topological polar surface area (TPSA) is 38.3 Å². The van der Waals surface area contributed by atoms with Crippen LogP contribution < -0.4 is 5.32 Å². The zero-order chi connectivity index (χ0) is 10.6. The molecule has 3 nitrogen and oxygen atoms in total. The van der Waals surface area contributed by atoms with Crippen molar-refractivity contribution < 1.29 is 10.9 Å². The third kappa shape index (κ3) is 2.51. The Kier molecular flexibility index (Phi) is 3.33. The highest BCUT2D eigenvalue weighted by Gasteiger charge is 2.30. The molecule has 0 unspecified atom stereocenters. The van der Waals surface area contributed by atoms with Crippen LogP contribution in [-0.4, -0.2) is 31.6 Å². The number of hydrogen-bond acceptors (Lipinski definition) is 3. The monoisotopic (exact) mass is 187 g/mol. The lowest BCUT2D eigenvalue weighted by molar-refractivity contribution is -0.125. The maximum atomic E-state index is 11.4. The molecule has 0 aromatic rings. The van der Waals surface area contributed by atoms with Crippen molar-refractivity contribution in [3.05, 3.63) is 0 Å². The second kappa shape index (κ2) is 4.72. The van der Waals surface area contributed by atoms with E-state index in [4.69, 9.17) is 6.11 Å². The first-order valence-electron chi connectivity index (χ1n) is 5.49. The zero-order valence-corrected chi connectivity index (χ0v) is 8.38. The molecule has 1 fully saturated rings. The van der Waals surface area contributed by atoms with E-state index in [0.717, 1.165) is 19.4 Å². The van der Waals surface area contributed by atoms with Crippen molar-refractivity contribution in [2.75, 3.05) is 13.7 Å². The summed E-state index contributed by atoms with van der Waals surface area (Å²) in [4.78, 5) is 11.4. The fourth-order valence-corrected chi connectivity index (χ4v) is 1.89. The fraction of sp³-hybridized carbons (Fsp3) is 0.900. The lowest BCUT2D eigenvalue weighted by atomic mass is 9.93. The van der Waals surface area contributed by atoms with Gasteiger partial charge in [-0.25, -0.2) is 0 Å². The van der Waals surface area contributed by atoms with Crippen LogP contribution in [0, 0.1) is 5.92 Å². The Morgan fingerprint density at radius 3 is 3.00 bits per heavy atom. The molecule has 1 heterocycles. The molecule has 3 atom stereocenters. The van der Waals surface area contributed by atoms with Gasteiger partial charge in [-0.15, -0.1) is 0 Å². The van der Waals surface area contributed by atoms with E-state index in [0.29, 0.717) is 0 Å². The van der Waals surface area contributed by atoms with Gasteiger partial charge in [0, 0.05) is 20.4 Å². The molecule has 1 rings (SSSR count). The highest BCUT2D eigenvalue weighted by Crippen LogP contribution is 2.18. The molecule has 0 spiro atoms. The van der Waals surface area contributed by atoms with Crippen molar-refractivity contribution in [1.82, 2.24) is 5.32 Å². The largest absolute Gasteiger partial charge is 0.379 e. The summed E-state index contributed by atoms with van der Waals surface area (Å²) in [7, 11) is 1.64. The predicted octanol–water partition coefficient (Wildman–Crippen LogP) is 0.978. The molecule has 0 aliphatic carbocycles. The van der Waals surface area contributed by atoms with Gasteiger partial charge >= 0.3 is 0 Å². The third-order valence-corrected chi connectivity index (χ3v) is 2.77. The summed E-state index contributed by atoms with van der Waals surface area (Å²) in [6.07, 6.45) is 2.14. The molecular formula is C10H19NO2. The van der Waals surface area contributed by atoms with Crippen molar-refractivity contribution in [2.24, 2.45) is 5.92 Å². The highest BCUT2D eigenvalue weighted by atomic mass is 16.5. The Morgan fingerprint density at radius 2 is 2.54 bits per heavy atom. The molecule has 0 amide bonds. The van der Waals surface area contributed by atoms with Gasteiger partial charge in [-0.2, -0.15) is 0 Å². The van der Waals surface area contributed by atoms with Crippen molar-refractivity contribution in [1.29, 1.82) is 0 Å². The molecule has 0 aromatic heterocycles. The summed E-state index contributed by atoms with van der Waals surface area (Å²) in [5, 5.41) is 3.33. The molecule has 76 valence electrons. The van der Waals surface area contributed by atoms with Crippen molar-refractivity contribution >= 4 is 5.78 Å². The molecule has 1 N–H and O–H groups in total. The van der Waals surface area contributed by atoms with Crippen LogP contribution in [0.3, 0.4) is 0 Å². The molecule has 13 heavy (non-hydrogen) atoms. The minimum Gasteiger partial charge on any atom is -0.379 e. The van der Waals surface area contributed by atoms with Gasteiger partial charge in [0.1, 0.15) is 5.78 Å². The second-order valence-electron chi connectivity index (χ2n) is 3.66. The van der Waals surface area contributed by atoms with Gasteiger partial charge in [-0.05, 0) is 26.3 Å². The minimum atomic E-state index is -0.173. The Hall–Kier alpha value is -0.410. The number of methoxy groups -OCH3 is 1. The second-order valence-corrected chi connectivity index (χ2v) is 3.66. The Labute approximate surface area is 81.2 Å². The first kappa shape index (κ1) is 9.16. The van der Waals surface area contributed by atoms with Gasteiger partial charge in [-0.3, -0.25) is 4.79 Å². The number of ketones is 1. The Bertz CT molecular complexity index is 193. The van der Waals surface area contributed by atoms with Crippen LogP contribution in [0.15, 0.2) is 0 Å². The molecule has 0 radical (unpaired) electrons. The first-order chi connectivity index (χ1) is 6.70. The maximum Gasteiger partial charge on any atom is 0.135 e. The SMILES string of the molecule is [3H]CC(=O)[C@H](C)[C@@H](OC)[C@@H]1CCCN1. The summed E-state index contributed by atoms with van der Waals surface area (Å²) in [5.74, 6) is -0.210. The standard InChI is InChI=1S/C10H19NO2/c1-7(8(2)12)10(13-3)9-5-4-6-11-9/h7,9-11H,4-6H2,1-3H3/t7-,9-,10+/m0/s1/i2T. The van der Waals surface area contributed by atoms with E-state index in [1.807, 2.05) is 6.92 Å². The number of nitrogens with one attached hydrogen (secondary N) is 1. The zero-order valence-electron chi connectivity index (χ0n) is 9.38. The third-order valence-electron chi connectivity index (χ3n) is 2.77. The van der Waals surface area contributed by atoms with Gasteiger partial charge in [0.05, 0.1) is 6.10 Å². The fourth-order valence-electron chi connectivity index (χ4n) is 1.89. The lowest BCUT2D eigenvalue weighted by Gasteiger charge is -2.26. The van der Waals surface area contributed by atoms with E-state index in [-0.39, 0.29) is 30.7 Å². The Morgan fingerprint density at radius 1 is 1.77 bits per heavy atom. The van der Waals surface area contributed by atoms with Gasteiger partial charge in [0.25, 0.3) is 0 Å². The van der Waals surface area contributed by atoms with Crippen LogP contribution in [0.4, 0.5) is 0 Å². The van der Waals surface area contributed by atoms with Crippen LogP contribution in [0.1, 0.15) is 28.0 Å². The molecule has 0 aromatic carbocycles. The van der Waals surface area contributed by atoms with E-state index in [1.54, 1.807) is 7.11 Å². The number of hydrogen-bond donors (Lipinski definition) is 1. The van der Waals surface area contributed by atoms with Crippen LogP contribution in [0.5, 0.6) is 0 Å². The van der Waals surface area contributed by atoms with Crippen molar-refractivity contribution in [2.45, 2.75) is 38.8 Å². The summed E-state index contributed by atoms with van der Waals surface area (Å²) < 4.78 is 12.4. The summed E-state index contributed by atoms with van der Waals surface area (Å²) in [5.41, 5.74) is 0. The van der Waals surface area contributed by atoms with Crippen LogP contribution in [0.2, 0.25) is 0 Å². The molecule has 1 aliphatic heterocycles. The molecule has 1 saturated heterocycles. The van der Waals surface area contributed by atoms with E-state index < -0.39 is 0 Å². The average Bonchev–Trinajstić information content (AvgIpc) is 2.71. The quantitative estimate of drug-likeness (QED) is 0.713. The van der Waals surface area contributed by atoms with E-state index >= 15 is 0 Å². The molecule has 0 bridgehead atoms. The Balaban J connectivity index is 2.55. The molecule has 0 saturated carbocycles. The molecule has 1 aliphatic rings. The van der Waals surface area contributed by atoms with Gasteiger partial charge in [0.2, 0.25) is 0 Å².